The van der Waals surface area contributed by atoms with E-state index in [0.29, 0.717) is 12.1 Å². The molecule has 3 N–H and O–H groups in total. The van der Waals surface area contributed by atoms with Crippen molar-refractivity contribution < 1.29 is 15.0 Å². The van der Waals surface area contributed by atoms with Crippen LogP contribution >= 0.6 is 11.3 Å². The average Bonchev–Trinajstić information content (AvgIpc) is 3.37. The van der Waals surface area contributed by atoms with Gasteiger partial charge in [0, 0.05) is 17.0 Å². The molecule has 4 nitrogen and oxygen atoms in total. The van der Waals surface area contributed by atoms with Gasteiger partial charge < -0.3 is 15.5 Å². The minimum atomic E-state index is -0.916. The summed E-state index contributed by atoms with van der Waals surface area (Å²) in [7, 11) is 0. The summed E-state index contributed by atoms with van der Waals surface area (Å²) in [4.78, 5) is 12.6. The number of carboxylic acids is 1. The zero-order valence-electron chi connectivity index (χ0n) is 17.6. The number of thiophene rings is 1. The molecule has 0 saturated carbocycles. The predicted octanol–water partition coefficient (Wildman–Crippen LogP) is 5.65. The van der Waals surface area contributed by atoms with E-state index in [9.17, 15) is 15.0 Å². The van der Waals surface area contributed by atoms with Gasteiger partial charge in [-0.25, -0.2) is 4.79 Å². The van der Waals surface area contributed by atoms with E-state index in [2.05, 4.69) is 29.6 Å². The molecule has 3 aromatic carbocycles. The lowest BCUT2D eigenvalue weighted by atomic mass is 9.97. The first kappa shape index (κ1) is 22.0. The van der Waals surface area contributed by atoms with Crippen molar-refractivity contribution in [1.29, 1.82) is 0 Å². The van der Waals surface area contributed by atoms with Crippen LogP contribution in [0.4, 0.5) is 0 Å². The largest absolute Gasteiger partial charge is 0.478 e. The zero-order chi connectivity index (χ0) is 22.3. The average molecular weight is 444 g/mol. The van der Waals surface area contributed by atoms with Crippen molar-refractivity contribution >= 4 is 17.3 Å². The van der Waals surface area contributed by atoms with Crippen molar-refractivity contribution in [3.8, 4) is 21.6 Å². The molecule has 5 heteroatoms. The van der Waals surface area contributed by atoms with Crippen LogP contribution < -0.4 is 5.32 Å². The Hall–Kier alpha value is -3.25. The number of hydrogen-bond donors (Lipinski definition) is 3. The van der Waals surface area contributed by atoms with Crippen LogP contribution in [0.25, 0.3) is 21.6 Å². The number of aromatic carboxylic acids is 1. The SMILES string of the molecule is O=C(O)c1ccc(-c2ccc(CCNC[C@@H](O)c3ccccc3)cc2)cc1-c1cccs1. The Balaban J connectivity index is 1.38. The Morgan fingerprint density at radius 2 is 1.66 bits per heavy atom. The lowest BCUT2D eigenvalue weighted by molar-refractivity contribution is 0.0697. The number of aliphatic hydroxyl groups is 1. The number of rotatable bonds is 9. The molecule has 0 aliphatic carbocycles. The maximum absolute atomic E-state index is 11.6. The van der Waals surface area contributed by atoms with Gasteiger partial charge in [-0.05, 0) is 58.8 Å². The van der Waals surface area contributed by atoms with E-state index in [4.69, 9.17) is 0 Å². The van der Waals surface area contributed by atoms with Crippen molar-refractivity contribution in [2.24, 2.45) is 0 Å². The van der Waals surface area contributed by atoms with Crippen LogP contribution in [-0.4, -0.2) is 29.3 Å². The third kappa shape index (κ3) is 5.32. The molecule has 1 aromatic heterocycles. The van der Waals surface area contributed by atoms with Gasteiger partial charge in [-0.1, -0.05) is 66.7 Å². The normalized spacial score (nSPS) is 11.9. The standard InChI is InChI=1S/C27H25NO3S/c29-25(21-5-2-1-3-6-21)18-28-15-14-19-8-10-20(11-9-19)22-12-13-23(27(30)31)24(17-22)26-7-4-16-32-26/h1-13,16-17,25,28-29H,14-15,18H2,(H,30,31)/t25-/m1/s1. The molecule has 0 bridgehead atoms. The maximum Gasteiger partial charge on any atom is 0.336 e. The van der Waals surface area contributed by atoms with Crippen LogP contribution in [0.15, 0.2) is 90.3 Å². The van der Waals surface area contributed by atoms with Crippen molar-refractivity contribution in [2.75, 3.05) is 13.1 Å². The summed E-state index contributed by atoms with van der Waals surface area (Å²) in [5.41, 5.74) is 5.23. The van der Waals surface area contributed by atoms with Gasteiger partial charge in [0.25, 0.3) is 0 Å². The Morgan fingerprint density at radius 3 is 2.34 bits per heavy atom. The summed E-state index contributed by atoms with van der Waals surface area (Å²) >= 11 is 1.54. The molecule has 0 unspecified atom stereocenters. The molecule has 32 heavy (non-hydrogen) atoms. The van der Waals surface area contributed by atoms with Crippen LogP contribution in [0.1, 0.15) is 27.6 Å². The van der Waals surface area contributed by atoms with Crippen molar-refractivity contribution in [3.05, 3.63) is 107 Å². The van der Waals surface area contributed by atoms with E-state index in [0.717, 1.165) is 40.1 Å². The van der Waals surface area contributed by atoms with E-state index in [1.54, 1.807) is 6.07 Å². The smallest absolute Gasteiger partial charge is 0.336 e. The molecule has 0 aliphatic rings. The second kappa shape index (κ2) is 10.4. The number of carbonyl (C=O) groups is 1. The van der Waals surface area contributed by atoms with Crippen LogP contribution in [0.3, 0.4) is 0 Å². The first-order valence-corrected chi connectivity index (χ1v) is 11.4. The van der Waals surface area contributed by atoms with Crippen LogP contribution in [0, 0.1) is 0 Å². The fraction of sp³-hybridized carbons (Fsp3) is 0.148. The second-order valence-corrected chi connectivity index (χ2v) is 8.57. The number of hydrogen-bond acceptors (Lipinski definition) is 4. The quantitative estimate of drug-likeness (QED) is 0.293. The third-order valence-corrected chi connectivity index (χ3v) is 6.34. The number of nitrogens with one attached hydrogen (secondary N) is 1. The number of benzene rings is 3. The molecule has 162 valence electrons. The first-order chi connectivity index (χ1) is 15.6. The van der Waals surface area contributed by atoms with E-state index in [1.807, 2.05) is 60.0 Å². The monoisotopic (exact) mass is 443 g/mol. The second-order valence-electron chi connectivity index (χ2n) is 7.62. The molecule has 0 spiro atoms. The fourth-order valence-corrected chi connectivity index (χ4v) is 4.43. The zero-order valence-corrected chi connectivity index (χ0v) is 18.4. The van der Waals surface area contributed by atoms with Gasteiger partial charge in [-0.2, -0.15) is 0 Å². The topological polar surface area (TPSA) is 69.6 Å². The summed E-state index contributed by atoms with van der Waals surface area (Å²) in [5.74, 6) is -0.916. The van der Waals surface area contributed by atoms with Crippen LogP contribution in [-0.2, 0) is 6.42 Å². The summed E-state index contributed by atoms with van der Waals surface area (Å²) in [6.45, 7) is 1.29. The molecule has 0 aliphatic heterocycles. The minimum Gasteiger partial charge on any atom is -0.478 e. The Bertz CT molecular complexity index is 1160. The molecular weight excluding hydrogens is 418 g/mol. The van der Waals surface area contributed by atoms with Gasteiger partial charge in [0.1, 0.15) is 0 Å². The molecule has 0 fully saturated rings. The van der Waals surface area contributed by atoms with Crippen LogP contribution in [0.2, 0.25) is 0 Å². The summed E-state index contributed by atoms with van der Waals surface area (Å²) in [6.07, 6.45) is 0.352. The molecule has 4 rings (SSSR count). The van der Waals surface area contributed by atoms with Gasteiger partial charge in [-0.15, -0.1) is 11.3 Å². The highest BCUT2D eigenvalue weighted by atomic mass is 32.1. The van der Waals surface area contributed by atoms with Crippen molar-refractivity contribution in [2.45, 2.75) is 12.5 Å². The fourth-order valence-electron chi connectivity index (χ4n) is 3.67. The summed E-state index contributed by atoms with van der Waals surface area (Å²) in [6, 6.07) is 27.4. The van der Waals surface area contributed by atoms with Crippen molar-refractivity contribution in [1.82, 2.24) is 5.32 Å². The van der Waals surface area contributed by atoms with E-state index in [1.165, 1.54) is 16.9 Å². The van der Waals surface area contributed by atoms with E-state index < -0.39 is 12.1 Å². The Kier molecular flexibility index (Phi) is 7.12. The molecule has 0 amide bonds. The van der Waals surface area contributed by atoms with Gasteiger partial charge in [0.15, 0.2) is 0 Å². The van der Waals surface area contributed by atoms with Gasteiger partial charge >= 0.3 is 5.97 Å². The lowest BCUT2D eigenvalue weighted by Gasteiger charge is -2.12. The van der Waals surface area contributed by atoms with Crippen LogP contribution in [0.5, 0.6) is 0 Å². The molecule has 0 radical (unpaired) electrons. The first-order valence-electron chi connectivity index (χ1n) is 10.6. The van der Waals surface area contributed by atoms with Gasteiger partial charge in [0.05, 0.1) is 11.7 Å². The lowest BCUT2D eigenvalue weighted by Crippen LogP contribution is -2.23. The van der Waals surface area contributed by atoms with E-state index >= 15 is 0 Å². The summed E-state index contributed by atoms with van der Waals surface area (Å²) in [5, 5.41) is 25.0. The van der Waals surface area contributed by atoms with Gasteiger partial charge in [-0.3, -0.25) is 0 Å². The highest BCUT2D eigenvalue weighted by Gasteiger charge is 2.14. The summed E-state index contributed by atoms with van der Waals surface area (Å²) < 4.78 is 0. The Morgan fingerprint density at radius 1 is 0.906 bits per heavy atom. The minimum absolute atomic E-state index is 0.316. The van der Waals surface area contributed by atoms with Crippen molar-refractivity contribution in [3.63, 3.8) is 0 Å². The highest BCUT2D eigenvalue weighted by Crippen LogP contribution is 2.32. The molecule has 1 heterocycles. The number of carboxylic acid groups (broad SMARTS) is 1. The highest BCUT2D eigenvalue weighted by molar-refractivity contribution is 7.13. The molecule has 0 saturated heterocycles. The molecular formula is C27H25NO3S. The third-order valence-electron chi connectivity index (χ3n) is 5.44. The predicted molar refractivity (Wildman–Crippen MR) is 130 cm³/mol. The van der Waals surface area contributed by atoms with E-state index in [-0.39, 0.29) is 0 Å². The molecule has 1 atom stereocenters. The molecule has 4 aromatic rings. The maximum atomic E-state index is 11.6. The van der Waals surface area contributed by atoms with Gasteiger partial charge in [0.2, 0.25) is 0 Å². The Labute approximate surface area is 191 Å². The number of aliphatic hydroxyl groups excluding tert-OH is 1.